The molecule has 7 heteroatoms. The smallest absolute Gasteiger partial charge is 0.257 e. The summed E-state index contributed by atoms with van der Waals surface area (Å²) in [5.41, 5.74) is 4.24. The van der Waals surface area contributed by atoms with Gasteiger partial charge in [-0.25, -0.2) is 4.68 Å². The van der Waals surface area contributed by atoms with Gasteiger partial charge in [0.1, 0.15) is 5.82 Å². The van der Waals surface area contributed by atoms with Crippen molar-refractivity contribution in [2.75, 3.05) is 5.32 Å². The summed E-state index contributed by atoms with van der Waals surface area (Å²) >= 11 is 2.15. The molecule has 5 nitrogen and oxygen atoms in total. The van der Waals surface area contributed by atoms with Crippen molar-refractivity contribution in [1.82, 2.24) is 9.78 Å². The normalized spacial score (nSPS) is 15.7. The number of nitrogens with zero attached hydrogens (tertiary/aromatic N) is 2. The largest absolute Gasteiger partial charge is 0.306 e. The van der Waals surface area contributed by atoms with Crippen LogP contribution in [0, 0.1) is 10.5 Å². The van der Waals surface area contributed by atoms with E-state index in [1.165, 1.54) is 0 Å². The molecule has 0 fully saturated rings. The summed E-state index contributed by atoms with van der Waals surface area (Å²) < 4.78 is 14.6. The molecule has 1 aliphatic rings. The molecule has 132 valence electrons. The Kier molecular flexibility index (Phi) is 4.66. The predicted octanol–water partition coefficient (Wildman–Crippen LogP) is 3.80. The van der Waals surface area contributed by atoms with E-state index in [9.17, 15) is 9.00 Å². The van der Waals surface area contributed by atoms with Crippen LogP contribution in [0.4, 0.5) is 5.82 Å². The zero-order chi connectivity index (χ0) is 18.3. The number of benzene rings is 2. The van der Waals surface area contributed by atoms with Crippen molar-refractivity contribution in [3.05, 3.63) is 74.5 Å². The number of halogens is 1. The molecule has 1 atom stereocenters. The number of rotatable bonds is 3. The van der Waals surface area contributed by atoms with Crippen LogP contribution in [0.5, 0.6) is 0 Å². The second kappa shape index (κ2) is 6.96. The minimum Gasteiger partial charge on any atom is -0.306 e. The quantitative estimate of drug-likeness (QED) is 0.584. The number of aryl methyl sites for hydroxylation is 1. The first kappa shape index (κ1) is 17.4. The molecule has 3 aromatic rings. The Morgan fingerprint density at radius 2 is 1.88 bits per heavy atom. The average molecular weight is 477 g/mol. The standard InChI is InChI=1S/C19H16IN3O2S/c1-12-6-2-5-9-17(12)23-18(14-10-26(25)11-16(14)22-23)21-19(24)13-7-3-4-8-15(13)20/h2-9H,10-11H2,1H3,(H,21,24). The fourth-order valence-electron chi connectivity index (χ4n) is 3.05. The molecule has 1 aromatic heterocycles. The molecule has 1 aliphatic heterocycles. The minimum atomic E-state index is -0.961. The molecular weight excluding hydrogens is 461 g/mol. The molecule has 0 radical (unpaired) electrons. The Hall–Kier alpha value is -2.00. The van der Waals surface area contributed by atoms with Gasteiger partial charge in [0.2, 0.25) is 0 Å². The third-order valence-corrected chi connectivity index (χ3v) is 6.51. The lowest BCUT2D eigenvalue weighted by molar-refractivity contribution is 0.102. The highest BCUT2D eigenvalue weighted by Crippen LogP contribution is 2.32. The van der Waals surface area contributed by atoms with Crippen molar-refractivity contribution in [1.29, 1.82) is 0 Å². The maximum absolute atomic E-state index is 12.8. The van der Waals surface area contributed by atoms with Crippen molar-refractivity contribution in [2.24, 2.45) is 0 Å². The van der Waals surface area contributed by atoms with Crippen LogP contribution in [0.1, 0.15) is 27.2 Å². The predicted molar refractivity (Wildman–Crippen MR) is 111 cm³/mol. The van der Waals surface area contributed by atoms with Crippen molar-refractivity contribution in [3.8, 4) is 5.69 Å². The van der Waals surface area contributed by atoms with Gasteiger partial charge in [-0.1, -0.05) is 30.3 Å². The Morgan fingerprint density at radius 1 is 1.15 bits per heavy atom. The van der Waals surface area contributed by atoms with E-state index >= 15 is 0 Å². The first-order valence-electron chi connectivity index (χ1n) is 8.12. The van der Waals surface area contributed by atoms with E-state index < -0.39 is 10.8 Å². The van der Waals surface area contributed by atoms with E-state index in [0.29, 0.717) is 22.9 Å². The zero-order valence-electron chi connectivity index (χ0n) is 14.0. The number of nitrogens with one attached hydrogen (secondary N) is 1. The van der Waals surface area contributed by atoms with E-state index in [1.807, 2.05) is 49.4 Å². The van der Waals surface area contributed by atoms with Crippen LogP contribution in [0.15, 0.2) is 48.5 Å². The summed E-state index contributed by atoms with van der Waals surface area (Å²) in [4.78, 5) is 12.8. The van der Waals surface area contributed by atoms with Gasteiger partial charge in [-0.2, -0.15) is 5.10 Å². The molecule has 1 N–H and O–H groups in total. The number of anilines is 1. The molecule has 2 heterocycles. The van der Waals surface area contributed by atoms with Gasteiger partial charge < -0.3 is 5.32 Å². The minimum absolute atomic E-state index is 0.190. The topological polar surface area (TPSA) is 64.0 Å². The lowest BCUT2D eigenvalue weighted by atomic mass is 10.2. The van der Waals surface area contributed by atoms with Gasteiger partial charge in [0.15, 0.2) is 0 Å². The third-order valence-electron chi connectivity index (χ3n) is 4.36. The summed E-state index contributed by atoms with van der Waals surface area (Å²) in [5.74, 6) is 1.28. The third kappa shape index (κ3) is 3.09. The molecule has 2 aromatic carbocycles. The lowest BCUT2D eigenvalue weighted by Crippen LogP contribution is -2.18. The van der Waals surface area contributed by atoms with Gasteiger partial charge in [0, 0.05) is 19.9 Å². The molecule has 0 spiro atoms. The number of carbonyl (C=O) groups excluding carboxylic acids is 1. The maximum Gasteiger partial charge on any atom is 0.257 e. The number of amides is 1. The molecule has 1 amide bonds. The molecule has 0 saturated heterocycles. The summed E-state index contributed by atoms with van der Waals surface area (Å²) in [7, 11) is -0.961. The van der Waals surface area contributed by atoms with Gasteiger partial charge in [0.25, 0.3) is 5.91 Å². The number of fused-ring (bicyclic) bond motifs is 1. The number of para-hydroxylation sites is 1. The zero-order valence-corrected chi connectivity index (χ0v) is 17.0. The van der Waals surface area contributed by atoms with Crippen LogP contribution in [0.3, 0.4) is 0 Å². The summed E-state index contributed by atoms with van der Waals surface area (Å²) in [6.07, 6.45) is 0. The highest BCUT2D eigenvalue weighted by molar-refractivity contribution is 14.1. The Balaban J connectivity index is 1.80. The van der Waals surface area contributed by atoms with Gasteiger partial charge in [-0.3, -0.25) is 9.00 Å². The average Bonchev–Trinajstić information content (AvgIpc) is 3.13. The van der Waals surface area contributed by atoms with Crippen LogP contribution >= 0.6 is 22.6 Å². The van der Waals surface area contributed by atoms with Crippen molar-refractivity contribution >= 4 is 45.1 Å². The first-order valence-corrected chi connectivity index (χ1v) is 10.7. The first-order chi connectivity index (χ1) is 12.5. The summed E-state index contributed by atoms with van der Waals surface area (Å²) in [6.45, 7) is 2.01. The van der Waals surface area contributed by atoms with Gasteiger partial charge in [-0.15, -0.1) is 0 Å². The van der Waals surface area contributed by atoms with Crippen LogP contribution in [-0.2, 0) is 22.3 Å². The molecule has 1 unspecified atom stereocenters. The highest BCUT2D eigenvalue weighted by Gasteiger charge is 2.29. The van der Waals surface area contributed by atoms with Gasteiger partial charge in [0.05, 0.1) is 28.5 Å². The summed E-state index contributed by atoms with van der Waals surface area (Å²) in [5, 5.41) is 7.66. The molecular formula is C19H16IN3O2S. The fraction of sp³-hybridized carbons (Fsp3) is 0.158. The SMILES string of the molecule is Cc1ccccc1-n1nc2c(c1NC(=O)c1ccccc1I)CS(=O)C2. The second-order valence-corrected chi connectivity index (χ2v) is 8.75. The van der Waals surface area contributed by atoms with E-state index in [-0.39, 0.29) is 5.91 Å². The van der Waals surface area contributed by atoms with Gasteiger partial charge >= 0.3 is 0 Å². The van der Waals surface area contributed by atoms with Gasteiger partial charge in [-0.05, 0) is 53.3 Å². The van der Waals surface area contributed by atoms with Crippen molar-refractivity contribution in [3.63, 3.8) is 0 Å². The van der Waals surface area contributed by atoms with Crippen LogP contribution < -0.4 is 5.32 Å². The Bertz CT molecular complexity index is 1050. The number of hydrogen-bond acceptors (Lipinski definition) is 3. The number of aromatic nitrogens is 2. The van der Waals surface area contributed by atoms with Crippen LogP contribution in [-0.4, -0.2) is 19.9 Å². The van der Waals surface area contributed by atoms with Crippen molar-refractivity contribution < 1.29 is 9.00 Å². The lowest BCUT2D eigenvalue weighted by Gasteiger charge is -2.13. The van der Waals surface area contributed by atoms with E-state index in [4.69, 9.17) is 0 Å². The number of hydrogen-bond donors (Lipinski definition) is 1. The van der Waals surface area contributed by atoms with E-state index in [0.717, 1.165) is 26.1 Å². The van der Waals surface area contributed by atoms with Crippen LogP contribution in [0.25, 0.3) is 5.69 Å². The monoisotopic (exact) mass is 477 g/mol. The number of carbonyl (C=O) groups is 1. The molecule has 0 aliphatic carbocycles. The molecule has 4 rings (SSSR count). The Morgan fingerprint density at radius 3 is 2.65 bits per heavy atom. The molecule has 0 saturated carbocycles. The van der Waals surface area contributed by atoms with E-state index in [1.54, 1.807) is 10.7 Å². The Labute approximate surface area is 167 Å². The maximum atomic E-state index is 12.8. The fourth-order valence-corrected chi connectivity index (χ4v) is 4.95. The van der Waals surface area contributed by atoms with E-state index in [2.05, 4.69) is 33.0 Å². The molecule has 26 heavy (non-hydrogen) atoms. The van der Waals surface area contributed by atoms with Crippen molar-refractivity contribution in [2.45, 2.75) is 18.4 Å². The second-order valence-electron chi connectivity index (χ2n) is 6.13. The molecule has 0 bridgehead atoms. The van der Waals surface area contributed by atoms with Crippen LogP contribution in [0.2, 0.25) is 0 Å². The highest BCUT2D eigenvalue weighted by atomic mass is 127. The summed E-state index contributed by atoms with van der Waals surface area (Å²) in [6, 6.07) is 15.3.